The van der Waals surface area contributed by atoms with Gasteiger partial charge >= 0.3 is 0 Å². The predicted octanol–water partition coefficient (Wildman–Crippen LogP) is 3.74. The minimum absolute atomic E-state index is 0.0803. The molecule has 2 saturated carbocycles. The zero-order valence-corrected chi connectivity index (χ0v) is 13.7. The van der Waals surface area contributed by atoms with E-state index in [1.165, 1.54) is 6.42 Å². The van der Waals surface area contributed by atoms with Crippen molar-refractivity contribution in [1.29, 1.82) is 0 Å². The Bertz CT molecular complexity index is 559. The molecule has 1 aromatic rings. The van der Waals surface area contributed by atoms with Crippen LogP contribution in [0.25, 0.3) is 0 Å². The van der Waals surface area contributed by atoms with Crippen LogP contribution in [0.5, 0.6) is 11.5 Å². The van der Waals surface area contributed by atoms with E-state index in [-0.39, 0.29) is 10.8 Å². The number of fused-ring (bicyclic) bond motifs is 2. The number of aliphatic hydroxyl groups is 1. The number of methoxy groups -OCH3 is 2. The lowest BCUT2D eigenvalue weighted by atomic mass is 9.57. The fourth-order valence-corrected chi connectivity index (χ4v) is 5.03. The van der Waals surface area contributed by atoms with Gasteiger partial charge in [0.05, 0.1) is 14.2 Å². The fourth-order valence-electron chi connectivity index (χ4n) is 5.03. The van der Waals surface area contributed by atoms with E-state index in [0.717, 1.165) is 29.9 Å². The summed E-state index contributed by atoms with van der Waals surface area (Å²) >= 11 is 0. The zero-order chi connectivity index (χ0) is 15.5. The largest absolute Gasteiger partial charge is 0.497 e. The first-order valence-corrected chi connectivity index (χ1v) is 7.75. The van der Waals surface area contributed by atoms with Gasteiger partial charge in [-0.2, -0.15) is 0 Å². The Hall–Kier alpha value is -1.22. The van der Waals surface area contributed by atoms with Gasteiger partial charge < -0.3 is 14.6 Å². The molecular formula is C18H26O3. The summed E-state index contributed by atoms with van der Waals surface area (Å²) < 4.78 is 10.9. The maximum Gasteiger partial charge on any atom is 0.128 e. The molecule has 116 valence electrons. The van der Waals surface area contributed by atoms with Crippen molar-refractivity contribution in [2.45, 2.75) is 45.6 Å². The number of hydrogen-bond acceptors (Lipinski definition) is 3. The Morgan fingerprint density at radius 2 is 1.86 bits per heavy atom. The van der Waals surface area contributed by atoms with Gasteiger partial charge in [0.25, 0.3) is 0 Å². The smallest absolute Gasteiger partial charge is 0.128 e. The standard InChI is InChI=1S/C18H26O3/c1-16(2)12-8-9-17(3,11-12)18(16,19)14-7-6-13(20-4)10-15(14)21-5/h6-7,10,12,19H,8-9,11H2,1-5H3. The summed E-state index contributed by atoms with van der Waals surface area (Å²) in [5.41, 5.74) is -0.189. The van der Waals surface area contributed by atoms with Crippen molar-refractivity contribution in [1.82, 2.24) is 0 Å². The summed E-state index contributed by atoms with van der Waals surface area (Å²) in [5, 5.41) is 11.8. The highest BCUT2D eigenvalue weighted by Crippen LogP contribution is 2.72. The van der Waals surface area contributed by atoms with Crippen molar-refractivity contribution in [2.24, 2.45) is 16.7 Å². The van der Waals surface area contributed by atoms with Gasteiger partial charge in [0.1, 0.15) is 17.1 Å². The molecule has 3 nitrogen and oxygen atoms in total. The molecule has 1 aromatic carbocycles. The average Bonchev–Trinajstić information content (AvgIpc) is 2.94. The van der Waals surface area contributed by atoms with Crippen LogP contribution in [0.1, 0.15) is 45.6 Å². The van der Waals surface area contributed by atoms with Crippen LogP contribution >= 0.6 is 0 Å². The van der Waals surface area contributed by atoms with Crippen LogP contribution in [-0.4, -0.2) is 19.3 Å². The molecule has 2 aliphatic carbocycles. The van der Waals surface area contributed by atoms with Gasteiger partial charge in [-0.25, -0.2) is 0 Å². The van der Waals surface area contributed by atoms with Crippen molar-refractivity contribution in [3.05, 3.63) is 23.8 Å². The van der Waals surface area contributed by atoms with Crippen molar-refractivity contribution >= 4 is 0 Å². The molecular weight excluding hydrogens is 264 g/mol. The van der Waals surface area contributed by atoms with Crippen molar-refractivity contribution < 1.29 is 14.6 Å². The average molecular weight is 290 g/mol. The summed E-state index contributed by atoms with van der Waals surface area (Å²) in [6.07, 6.45) is 3.38. The molecule has 0 saturated heterocycles. The van der Waals surface area contributed by atoms with E-state index in [2.05, 4.69) is 20.8 Å². The van der Waals surface area contributed by atoms with E-state index in [4.69, 9.17) is 9.47 Å². The van der Waals surface area contributed by atoms with Crippen molar-refractivity contribution in [2.75, 3.05) is 14.2 Å². The van der Waals surface area contributed by atoms with E-state index in [9.17, 15) is 5.11 Å². The molecule has 0 amide bonds. The molecule has 3 unspecified atom stereocenters. The third-order valence-corrected chi connectivity index (χ3v) is 6.37. The van der Waals surface area contributed by atoms with Crippen LogP contribution in [0.3, 0.4) is 0 Å². The summed E-state index contributed by atoms with van der Waals surface area (Å²) in [6, 6.07) is 5.77. The van der Waals surface area contributed by atoms with Crippen LogP contribution in [0.2, 0.25) is 0 Å². The van der Waals surface area contributed by atoms with Crippen LogP contribution in [0, 0.1) is 16.7 Å². The zero-order valence-electron chi connectivity index (χ0n) is 13.7. The first-order chi connectivity index (χ1) is 9.80. The molecule has 3 atom stereocenters. The lowest BCUT2D eigenvalue weighted by Gasteiger charge is -2.51. The van der Waals surface area contributed by atoms with E-state index >= 15 is 0 Å². The normalized spacial score (nSPS) is 36.8. The maximum absolute atomic E-state index is 11.8. The van der Waals surface area contributed by atoms with E-state index in [1.54, 1.807) is 14.2 Å². The summed E-state index contributed by atoms with van der Waals surface area (Å²) in [5.74, 6) is 2.04. The number of hydrogen-bond donors (Lipinski definition) is 1. The van der Waals surface area contributed by atoms with Gasteiger partial charge in [-0.1, -0.05) is 20.8 Å². The first kappa shape index (κ1) is 14.7. The Morgan fingerprint density at radius 1 is 1.14 bits per heavy atom. The quantitative estimate of drug-likeness (QED) is 0.921. The molecule has 0 radical (unpaired) electrons. The second kappa shape index (κ2) is 4.39. The Kier molecular flexibility index (Phi) is 3.07. The summed E-state index contributed by atoms with van der Waals surface area (Å²) in [6.45, 7) is 6.63. The molecule has 21 heavy (non-hydrogen) atoms. The Labute approximate surface area is 127 Å². The highest BCUT2D eigenvalue weighted by molar-refractivity contribution is 5.47. The topological polar surface area (TPSA) is 38.7 Å². The highest BCUT2D eigenvalue weighted by Gasteiger charge is 2.69. The maximum atomic E-state index is 11.8. The van der Waals surface area contributed by atoms with Gasteiger partial charge in [-0.3, -0.25) is 0 Å². The third-order valence-electron chi connectivity index (χ3n) is 6.37. The molecule has 0 spiro atoms. The number of rotatable bonds is 3. The highest BCUT2D eigenvalue weighted by atomic mass is 16.5. The molecule has 1 N–H and O–H groups in total. The predicted molar refractivity (Wildman–Crippen MR) is 82.7 cm³/mol. The molecule has 2 bridgehead atoms. The first-order valence-electron chi connectivity index (χ1n) is 7.75. The lowest BCUT2D eigenvalue weighted by molar-refractivity contribution is -0.151. The van der Waals surface area contributed by atoms with Crippen LogP contribution in [0.15, 0.2) is 18.2 Å². The van der Waals surface area contributed by atoms with Crippen LogP contribution in [-0.2, 0) is 5.60 Å². The van der Waals surface area contributed by atoms with Crippen LogP contribution < -0.4 is 9.47 Å². The molecule has 0 heterocycles. The summed E-state index contributed by atoms with van der Waals surface area (Å²) in [7, 11) is 3.30. The monoisotopic (exact) mass is 290 g/mol. The van der Waals surface area contributed by atoms with Gasteiger partial charge in [-0.15, -0.1) is 0 Å². The second-order valence-electron chi connectivity index (χ2n) is 7.50. The lowest BCUT2D eigenvalue weighted by Crippen LogP contribution is -2.51. The van der Waals surface area contributed by atoms with Crippen LogP contribution in [0.4, 0.5) is 0 Å². The molecule has 0 aromatic heterocycles. The molecule has 2 fully saturated rings. The molecule has 3 heteroatoms. The van der Waals surface area contributed by atoms with Gasteiger partial charge in [0.15, 0.2) is 0 Å². The second-order valence-corrected chi connectivity index (χ2v) is 7.50. The van der Waals surface area contributed by atoms with E-state index in [0.29, 0.717) is 5.92 Å². The molecule has 3 rings (SSSR count). The van der Waals surface area contributed by atoms with Gasteiger partial charge in [0.2, 0.25) is 0 Å². The third kappa shape index (κ3) is 1.64. The van der Waals surface area contributed by atoms with Crippen molar-refractivity contribution in [3.63, 3.8) is 0 Å². The van der Waals surface area contributed by atoms with Gasteiger partial charge in [-0.05, 0) is 37.3 Å². The minimum atomic E-state index is -0.861. The molecule has 2 aliphatic rings. The fraction of sp³-hybridized carbons (Fsp3) is 0.667. The number of ether oxygens (including phenoxy) is 2. The van der Waals surface area contributed by atoms with E-state index < -0.39 is 5.60 Å². The molecule has 0 aliphatic heterocycles. The Balaban J connectivity index is 2.19. The number of benzene rings is 1. The Morgan fingerprint density at radius 3 is 2.38 bits per heavy atom. The van der Waals surface area contributed by atoms with Gasteiger partial charge in [0, 0.05) is 22.5 Å². The summed E-state index contributed by atoms with van der Waals surface area (Å²) in [4.78, 5) is 0. The SMILES string of the molecule is COc1ccc(C2(O)C3(C)CCC(C3)C2(C)C)c(OC)c1. The minimum Gasteiger partial charge on any atom is -0.497 e. The van der Waals surface area contributed by atoms with Crippen molar-refractivity contribution in [3.8, 4) is 11.5 Å². The van der Waals surface area contributed by atoms with E-state index in [1.807, 2.05) is 18.2 Å².